The number of rotatable bonds is 4. The third-order valence-corrected chi connectivity index (χ3v) is 3.53. The van der Waals surface area contributed by atoms with Crippen LogP contribution in [0.15, 0.2) is 24.3 Å². The molecule has 0 saturated carbocycles. The summed E-state index contributed by atoms with van der Waals surface area (Å²) < 4.78 is 0. The van der Waals surface area contributed by atoms with E-state index in [2.05, 4.69) is 25.9 Å². The Balaban J connectivity index is 0.00000147. The molecule has 0 spiro atoms. The molecule has 3 N–H and O–H groups in total. The standard InChI is InChI=1S/C14H19N5.ClH/c1-15-13-14(17-9-10-6-7-16-8-10)19-12-5-3-2-4-11(12)18-13;/h2-5,10,16H,6-9H2,1H3,(H,15,18)(H,17,19);1H. The number of nitrogens with one attached hydrogen (secondary N) is 3. The van der Waals surface area contributed by atoms with Crippen LogP contribution in [0.1, 0.15) is 6.42 Å². The van der Waals surface area contributed by atoms with Gasteiger partial charge in [0.15, 0.2) is 11.6 Å². The summed E-state index contributed by atoms with van der Waals surface area (Å²) in [5.41, 5.74) is 1.84. The van der Waals surface area contributed by atoms with E-state index in [-0.39, 0.29) is 12.4 Å². The lowest BCUT2D eigenvalue weighted by atomic mass is 10.1. The molecule has 108 valence electrons. The second-order valence-electron chi connectivity index (χ2n) is 4.90. The fourth-order valence-electron chi connectivity index (χ4n) is 2.43. The summed E-state index contributed by atoms with van der Waals surface area (Å²) >= 11 is 0. The van der Waals surface area contributed by atoms with E-state index in [9.17, 15) is 0 Å². The van der Waals surface area contributed by atoms with E-state index in [1.807, 2.05) is 31.3 Å². The average Bonchev–Trinajstić information content (AvgIpc) is 2.97. The van der Waals surface area contributed by atoms with E-state index in [1.54, 1.807) is 0 Å². The second-order valence-corrected chi connectivity index (χ2v) is 4.90. The molecule has 0 bridgehead atoms. The zero-order valence-corrected chi connectivity index (χ0v) is 12.3. The van der Waals surface area contributed by atoms with Crippen LogP contribution in [0.25, 0.3) is 11.0 Å². The molecule has 0 amide bonds. The van der Waals surface area contributed by atoms with Crippen LogP contribution < -0.4 is 16.0 Å². The van der Waals surface area contributed by atoms with Crippen molar-refractivity contribution in [2.45, 2.75) is 6.42 Å². The van der Waals surface area contributed by atoms with Crippen molar-refractivity contribution in [1.29, 1.82) is 0 Å². The van der Waals surface area contributed by atoms with Gasteiger partial charge in [-0.2, -0.15) is 0 Å². The Morgan fingerprint density at radius 1 is 1.20 bits per heavy atom. The minimum atomic E-state index is 0. The predicted octanol–water partition coefficient (Wildman–Crippen LogP) is 2.11. The Bertz CT molecular complexity index is 568. The zero-order chi connectivity index (χ0) is 13.1. The van der Waals surface area contributed by atoms with E-state index in [4.69, 9.17) is 0 Å². The van der Waals surface area contributed by atoms with Crippen LogP contribution in [-0.4, -0.2) is 36.6 Å². The van der Waals surface area contributed by atoms with Crippen molar-refractivity contribution in [3.8, 4) is 0 Å². The molecule has 2 aromatic rings. The number of anilines is 2. The SMILES string of the molecule is CNc1nc2ccccc2nc1NCC1CCNC1.Cl. The van der Waals surface area contributed by atoms with Gasteiger partial charge >= 0.3 is 0 Å². The van der Waals surface area contributed by atoms with E-state index in [0.29, 0.717) is 5.92 Å². The van der Waals surface area contributed by atoms with Crippen molar-refractivity contribution < 1.29 is 0 Å². The smallest absolute Gasteiger partial charge is 0.169 e. The molecule has 2 heterocycles. The Kier molecular flexibility index (Phi) is 4.98. The van der Waals surface area contributed by atoms with Gasteiger partial charge in [0, 0.05) is 13.6 Å². The van der Waals surface area contributed by atoms with E-state index in [0.717, 1.165) is 42.3 Å². The number of para-hydroxylation sites is 2. The van der Waals surface area contributed by atoms with Crippen molar-refractivity contribution in [2.24, 2.45) is 5.92 Å². The predicted molar refractivity (Wildman–Crippen MR) is 85.8 cm³/mol. The number of benzene rings is 1. The summed E-state index contributed by atoms with van der Waals surface area (Å²) in [6.07, 6.45) is 1.23. The number of halogens is 1. The summed E-state index contributed by atoms with van der Waals surface area (Å²) in [7, 11) is 1.88. The van der Waals surface area contributed by atoms with Gasteiger partial charge in [-0.3, -0.25) is 0 Å². The van der Waals surface area contributed by atoms with E-state index < -0.39 is 0 Å². The zero-order valence-electron chi connectivity index (χ0n) is 11.5. The Morgan fingerprint density at radius 3 is 2.50 bits per heavy atom. The maximum atomic E-state index is 4.65. The van der Waals surface area contributed by atoms with Crippen LogP contribution in [0.3, 0.4) is 0 Å². The van der Waals surface area contributed by atoms with Crippen molar-refractivity contribution in [1.82, 2.24) is 15.3 Å². The Labute approximate surface area is 125 Å². The molecule has 20 heavy (non-hydrogen) atoms. The quantitative estimate of drug-likeness (QED) is 0.806. The highest BCUT2D eigenvalue weighted by molar-refractivity contribution is 5.85. The third-order valence-electron chi connectivity index (χ3n) is 3.53. The van der Waals surface area contributed by atoms with Gasteiger partial charge in [-0.05, 0) is 37.6 Å². The van der Waals surface area contributed by atoms with Gasteiger partial charge in [-0.25, -0.2) is 9.97 Å². The number of hydrogen-bond donors (Lipinski definition) is 3. The van der Waals surface area contributed by atoms with Crippen LogP contribution in [-0.2, 0) is 0 Å². The van der Waals surface area contributed by atoms with Crippen molar-refractivity contribution in [3.63, 3.8) is 0 Å². The Morgan fingerprint density at radius 2 is 1.90 bits per heavy atom. The van der Waals surface area contributed by atoms with Gasteiger partial charge in [0.05, 0.1) is 11.0 Å². The number of nitrogens with zero attached hydrogens (tertiary/aromatic N) is 2. The first-order valence-corrected chi connectivity index (χ1v) is 6.76. The molecule has 3 rings (SSSR count). The molecule has 1 unspecified atom stereocenters. The lowest BCUT2D eigenvalue weighted by Gasteiger charge is -2.14. The first kappa shape index (κ1) is 14.8. The van der Waals surface area contributed by atoms with Gasteiger partial charge in [0.25, 0.3) is 0 Å². The normalized spacial score (nSPS) is 17.8. The fraction of sp³-hybridized carbons (Fsp3) is 0.429. The number of aromatic nitrogens is 2. The highest BCUT2D eigenvalue weighted by Crippen LogP contribution is 2.21. The first-order chi connectivity index (χ1) is 9.36. The van der Waals surface area contributed by atoms with Gasteiger partial charge in [0.2, 0.25) is 0 Å². The highest BCUT2D eigenvalue weighted by Gasteiger charge is 2.15. The molecule has 6 heteroatoms. The summed E-state index contributed by atoms with van der Waals surface area (Å²) in [5, 5.41) is 9.91. The first-order valence-electron chi connectivity index (χ1n) is 6.76. The molecular formula is C14H20ClN5. The molecule has 0 radical (unpaired) electrons. The topological polar surface area (TPSA) is 61.9 Å². The molecule has 1 aromatic carbocycles. The molecule has 1 aliphatic heterocycles. The van der Waals surface area contributed by atoms with Gasteiger partial charge < -0.3 is 16.0 Å². The van der Waals surface area contributed by atoms with Crippen LogP contribution in [0.5, 0.6) is 0 Å². The van der Waals surface area contributed by atoms with Crippen molar-refractivity contribution in [3.05, 3.63) is 24.3 Å². The largest absolute Gasteiger partial charge is 0.370 e. The molecule has 1 fully saturated rings. The van der Waals surface area contributed by atoms with Crippen molar-refractivity contribution >= 4 is 35.1 Å². The number of fused-ring (bicyclic) bond motifs is 1. The molecule has 1 saturated heterocycles. The van der Waals surface area contributed by atoms with Gasteiger partial charge in [-0.1, -0.05) is 12.1 Å². The minimum absolute atomic E-state index is 0. The fourth-order valence-corrected chi connectivity index (χ4v) is 2.43. The lowest BCUT2D eigenvalue weighted by Crippen LogP contribution is -2.18. The maximum absolute atomic E-state index is 4.65. The molecule has 1 aliphatic rings. The van der Waals surface area contributed by atoms with E-state index in [1.165, 1.54) is 6.42 Å². The molecule has 5 nitrogen and oxygen atoms in total. The van der Waals surface area contributed by atoms with Crippen LogP contribution >= 0.6 is 12.4 Å². The monoisotopic (exact) mass is 293 g/mol. The van der Waals surface area contributed by atoms with Gasteiger partial charge in [0.1, 0.15) is 0 Å². The van der Waals surface area contributed by atoms with Crippen LogP contribution in [0, 0.1) is 5.92 Å². The second kappa shape index (κ2) is 6.72. The molecule has 1 aromatic heterocycles. The van der Waals surface area contributed by atoms with E-state index >= 15 is 0 Å². The van der Waals surface area contributed by atoms with Gasteiger partial charge in [-0.15, -0.1) is 12.4 Å². The third kappa shape index (κ3) is 3.11. The summed E-state index contributed by atoms with van der Waals surface area (Å²) in [6, 6.07) is 7.94. The summed E-state index contributed by atoms with van der Waals surface area (Å²) in [4.78, 5) is 9.24. The van der Waals surface area contributed by atoms with Crippen molar-refractivity contribution in [2.75, 3.05) is 37.3 Å². The molecule has 0 aliphatic carbocycles. The Hall–Kier alpha value is -1.59. The molecule has 1 atom stereocenters. The maximum Gasteiger partial charge on any atom is 0.169 e. The minimum Gasteiger partial charge on any atom is -0.370 e. The summed E-state index contributed by atoms with van der Waals surface area (Å²) in [5.74, 6) is 2.33. The summed E-state index contributed by atoms with van der Waals surface area (Å²) in [6.45, 7) is 3.15. The van der Waals surface area contributed by atoms with Crippen LogP contribution in [0.2, 0.25) is 0 Å². The lowest BCUT2D eigenvalue weighted by molar-refractivity contribution is 0.614. The highest BCUT2D eigenvalue weighted by atomic mass is 35.5. The average molecular weight is 294 g/mol. The van der Waals surface area contributed by atoms with Crippen LogP contribution in [0.4, 0.5) is 11.6 Å². The molecular weight excluding hydrogens is 274 g/mol. The number of hydrogen-bond acceptors (Lipinski definition) is 5.